The van der Waals surface area contributed by atoms with Crippen molar-refractivity contribution in [3.8, 4) is 22.3 Å². The Labute approximate surface area is 253 Å². The largest absolute Gasteiger partial charge is 0.354 e. The fourth-order valence-electron chi connectivity index (χ4n) is 7.89. The molecule has 1 nitrogen and oxygen atoms in total. The second-order valence-corrected chi connectivity index (χ2v) is 12.8. The Hall–Kier alpha value is -5.05. The summed E-state index contributed by atoms with van der Waals surface area (Å²) in [6.45, 7) is 0. The first-order valence-electron chi connectivity index (χ1n) is 14.9. The maximum Gasteiger partial charge on any atom is 0.0735 e. The van der Waals surface area contributed by atoms with Crippen molar-refractivity contribution < 1.29 is 0 Å². The van der Waals surface area contributed by atoms with Gasteiger partial charge in [0.15, 0.2) is 0 Å². The average Bonchev–Trinajstić information content (AvgIpc) is 3.59. The number of aromatic nitrogens is 1. The molecule has 200 valence electrons. The van der Waals surface area contributed by atoms with Gasteiger partial charge >= 0.3 is 0 Å². The van der Waals surface area contributed by atoms with Gasteiger partial charge in [0.25, 0.3) is 0 Å². The molecule has 8 aromatic rings. The van der Waals surface area contributed by atoms with Crippen LogP contribution < -0.4 is 0 Å². The summed E-state index contributed by atoms with van der Waals surface area (Å²) in [5, 5.41) is 5.13. The number of benzene rings is 7. The summed E-state index contributed by atoms with van der Waals surface area (Å²) in [5.74, 6) is 0. The van der Waals surface area contributed by atoms with Crippen LogP contribution in [-0.4, -0.2) is 4.98 Å². The number of H-pyrrole nitrogens is 1. The Morgan fingerprint density at radius 1 is 0.442 bits per heavy atom. The SMILES string of the molecule is c1ccc2c(c1)Sc1ccccc1C21c2ccccc2-c2cc(-c3ccc4[nH]c5ccc6ccccc6c5c4c3)ccc21. The van der Waals surface area contributed by atoms with Crippen molar-refractivity contribution in [2.75, 3.05) is 0 Å². The van der Waals surface area contributed by atoms with Crippen LogP contribution in [0, 0.1) is 0 Å². The van der Waals surface area contributed by atoms with Crippen LogP contribution in [0.5, 0.6) is 0 Å². The van der Waals surface area contributed by atoms with Crippen LogP contribution in [0.15, 0.2) is 155 Å². The number of hydrogen-bond donors (Lipinski definition) is 1. The molecule has 1 N–H and O–H groups in total. The minimum absolute atomic E-state index is 0.331. The number of rotatable bonds is 1. The molecule has 0 saturated carbocycles. The zero-order valence-corrected chi connectivity index (χ0v) is 24.1. The fraction of sp³-hybridized carbons (Fsp3) is 0.0244. The van der Waals surface area contributed by atoms with Crippen molar-refractivity contribution in [1.82, 2.24) is 4.98 Å². The Balaban J connectivity index is 1.24. The summed E-state index contributed by atoms with van der Waals surface area (Å²) in [7, 11) is 0. The summed E-state index contributed by atoms with van der Waals surface area (Å²) in [4.78, 5) is 6.33. The topological polar surface area (TPSA) is 15.8 Å². The normalized spacial score (nSPS) is 14.1. The van der Waals surface area contributed by atoms with E-state index in [1.54, 1.807) is 0 Å². The first kappa shape index (κ1) is 23.5. The van der Waals surface area contributed by atoms with E-state index in [1.165, 1.54) is 86.9 Å². The van der Waals surface area contributed by atoms with Crippen molar-refractivity contribution in [2.24, 2.45) is 0 Å². The Morgan fingerprint density at radius 2 is 1.07 bits per heavy atom. The number of hydrogen-bond acceptors (Lipinski definition) is 1. The van der Waals surface area contributed by atoms with E-state index in [9.17, 15) is 0 Å². The van der Waals surface area contributed by atoms with Crippen molar-refractivity contribution in [1.29, 1.82) is 0 Å². The third kappa shape index (κ3) is 3.03. The quantitative estimate of drug-likeness (QED) is 0.210. The zero-order chi connectivity index (χ0) is 28.1. The molecule has 2 heterocycles. The van der Waals surface area contributed by atoms with Gasteiger partial charge in [0.2, 0.25) is 0 Å². The van der Waals surface area contributed by atoms with Crippen LogP contribution in [0.1, 0.15) is 22.3 Å². The van der Waals surface area contributed by atoms with Crippen LogP contribution in [0.2, 0.25) is 0 Å². The molecule has 2 aliphatic rings. The van der Waals surface area contributed by atoms with Gasteiger partial charge in [-0.05, 0) is 91.7 Å². The Morgan fingerprint density at radius 3 is 1.91 bits per heavy atom. The molecule has 1 spiro atoms. The molecule has 43 heavy (non-hydrogen) atoms. The van der Waals surface area contributed by atoms with Crippen LogP contribution >= 0.6 is 11.8 Å². The van der Waals surface area contributed by atoms with E-state index in [1.807, 2.05) is 11.8 Å². The molecule has 0 radical (unpaired) electrons. The lowest BCUT2D eigenvalue weighted by Gasteiger charge is -2.39. The second-order valence-electron chi connectivity index (χ2n) is 11.7. The van der Waals surface area contributed by atoms with Crippen LogP contribution in [0.3, 0.4) is 0 Å². The minimum Gasteiger partial charge on any atom is -0.354 e. The summed E-state index contributed by atoms with van der Waals surface area (Å²) < 4.78 is 0. The smallest absolute Gasteiger partial charge is 0.0735 e. The molecule has 1 aromatic heterocycles. The highest BCUT2D eigenvalue weighted by atomic mass is 32.2. The summed E-state index contributed by atoms with van der Waals surface area (Å²) >= 11 is 1.89. The molecule has 0 amide bonds. The standard InChI is InChI=1S/C41H25NS/c1-2-10-28-25(9-1)18-22-37-40(28)31-24-27(19-21-36(31)42-37)26-17-20-33-30(23-26)29-11-3-4-12-32(29)41(33)34-13-5-7-15-38(34)43-39-16-8-6-14-35(39)41/h1-24,42H. The lowest BCUT2D eigenvalue weighted by molar-refractivity contribution is 0.722. The van der Waals surface area contributed by atoms with E-state index < -0.39 is 0 Å². The van der Waals surface area contributed by atoms with Gasteiger partial charge in [-0.1, -0.05) is 121 Å². The summed E-state index contributed by atoms with van der Waals surface area (Å²) in [6, 6.07) is 54.2. The molecule has 2 heteroatoms. The lowest BCUT2D eigenvalue weighted by Crippen LogP contribution is -2.31. The van der Waals surface area contributed by atoms with Crippen molar-refractivity contribution in [2.45, 2.75) is 15.2 Å². The van der Waals surface area contributed by atoms with Gasteiger partial charge in [-0.2, -0.15) is 0 Å². The molecular weight excluding hydrogens is 539 g/mol. The molecule has 1 aliphatic heterocycles. The van der Waals surface area contributed by atoms with Crippen LogP contribution in [0.4, 0.5) is 0 Å². The lowest BCUT2D eigenvalue weighted by atomic mass is 9.67. The summed E-state index contributed by atoms with van der Waals surface area (Å²) in [6.07, 6.45) is 0. The van der Waals surface area contributed by atoms with Crippen LogP contribution in [0.25, 0.3) is 54.8 Å². The predicted octanol–water partition coefficient (Wildman–Crippen LogP) is 11.0. The van der Waals surface area contributed by atoms with E-state index in [-0.39, 0.29) is 5.41 Å². The fourth-order valence-corrected chi connectivity index (χ4v) is 9.08. The van der Waals surface area contributed by atoms with E-state index in [0.29, 0.717) is 0 Å². The van der Waals surface area contributed by atoms with E-state index in [4.69, 9.17) is 0 Å². The molecule has 10 rings (SSSR count). The van der Waals surface area contributed by atoms with E-state index >= 15 is 0 Å². The highest BCUT2D eigenvalue weighted by molar-refractivity contribution is 7.99. The predicted molar refractivity (Wildman–Crippen MR) is 180 cm³/mol. The maximum absolute atomic E-state index is 3.66. The van der Waals surface area contributed by atoms with Gasteiger partial charge < -0.3 is 4.98 Å². The zero-order valence-electron chi connectivity index (χ0n) is 23.3. The van der Waals surface area contributed by atoms with E-state index in [0.717, 1.165) is 0 Å². The average molecular weight is 564 g/mol. The van der Waals surface area contributed by atoms with Crippen molar-refractivity contribution in [3.05, 3.63) is 168 Å². The highest BCUT2D eigenvalue weighted by Gasteiger charge is 2.50. The third-order valence-corrected chi connectivity index (χ3v) is 10.8. The highest BCUT2D eigenvalue weighted by Crippen LogP contribution is 2.62. The Kier molecular flexibility index (Phi) is 4.65. The van der Waals surface area contributed by atoms with Crippen molar-refractivity contribution in [3.63, 3.8) is 0 Å². The van der Waals surface area contributed by atoms with Gasteiger partial charge in [0.05, 0.1) is 5.41 Å². The van der Waals surface area contributed by atoms with Gasteiger partial charge in [-0.25, -0.2) is 0 Å². The summed E-state index contributed by atoms with van der Waals surface area (Å²) in [5.41, 5.74) is 12.7. The Bertz CT molecular complexity index is 2400. The molecule has 0 unspecified atom stereocenters. The molecular formula is C41H25NS. The van der Waals surface area contributed by atoms with Crippen LogP contribution in [-0.2, 0) is 5.41 Å². The maximum atomic E-state index is 3.66. The number of fused-ring (bicyclic) bond motifs is 14. The third-order valence-electron chi connectivity index (χ3n) is 9.67. The number of aromatic amines is 1. The molecule has 7 aromatic carbocycles. The molecule has 0 fully saturated rings. The molecule has 0 atom stereocenters. The number of nitrogens with one attached hydrogen (secondary N) is 1. The molecule has 1 aliphatic carbocycles. The van der Waals surface area contributed by atoms with Crippen molar-refractivity contribution >= 4 is 44.3 Å². The molecule has 0 saturated heterocycles. The van der Waals surface area contributed by atoms with Gasteiger partial charge in [-0.3, -0.25) is 0 Å². The van der Waals surface area contributed by atoms with Gasteiger partial charge in [0.1, 0.15) is 0 Å². The van der Waals surface area contributed by atoms with Gasteiger partial charge in [-0.15, -0.1) is 0 Å². The first-order valence-corrected chi connectivity index (χ1v) is 15.7. The second kappa shape index (κ2) is 8.50. The minimum atomic E-state index is -0.331. The van der Waals surface area contributed by atoms with E-state index in [2.05, 4.69) is 151 Å². The monoisotopic (exact) mass is 563 g/mol. The van der Waals surface area contributed by atoms with Gasteiger partial charge in [0, 0.05) is 31.6 Å². The molecule has 0 bridgehead atoms. The first-order chi connectivity index (χ1) is 21.3.